The van der Waals surface area contributed by atoms with Crippen LogP contribution in [0.2, 0.25) is 0 Å². The van der Waals surface area contributed by atoms with E-state index in [1.165, 1.54) is 0 Å². The van der Waals surface area contributed by atoms with Crippen molar-refractivity contribution < 1.29 is 14.2 Å². The molecule has 0 aromatic heterocycles. The summed E-state index contributed by atoms with van der Waals surface area (Å²) in [7, 11) is 5.95. The van der Waals surface area contributed by atoms with Gasteiger partial charge in [0.15, 0.2) is 5.96 Å². The highest BCUT2D eigenvalue weighted by atomic mass is 16.5. The monoisotopic (exact) mass is 344 g/mol. The summed E-state index contributed by atoms with van der Waals surface area (Å²) < 4.78 is 16.8. The molecule has 0 saturated carbocycles. The van der Waals surface area contributed by atoms with Gasteiger partial charge in [-0.05, 0) is 40.3 Å². The molecule has 142 valence electrons. The normalized spacial score (nSPS) is 19.7. The molecule has 0 aliphatic carbocycles. The molecule has 7 nitrogen and oxygen atoms in total. The van der Waals surface area contributed by atoms with Gasteiger partial charge in [0.2, 0.25) is 0 Å². The summed E-state index contributed by atoms with van der Waals surface area (Å²) in [5, 5.41) is 6.66. The Morgan fingerprint density at radius 2 is 2.21 bits per heavy atom. The molecular weight excluding hydrogens is 308 g/mol. The van der Waals surface area contributed by atoms with Crippen LogP contribution >= 0.6 is 0 Å². The minimum atomic E-state index is 0.196. The molecule has 1 heterocycles. The van der Waals surface area contributed by atoms with Gasteiger partial charge in [-0.1, -0.05) is 0 Å². The number of hydrogen-bond acceptors (Lipinski definition) is 5. The van der Waals surface area contributed by atoms with E-state index in [0.717, 1.165) is 71.3 Å². The molecule has 0 aromatic carbocycles. The van der Waals surface area contributed by atoms with Gasteiger partial charge >= 0.3 is 0 Å². The summed E-state index contributed by atoms with van der Waals surface area (Å²) in [6.45, 7) is 7.69. The van der Waals surface area contributed by atoms with Crippen LogP contribution in [0, 0.1) is 0 Å². The van der Waals surface area contributed by atoms with Crippen LogP contribution in [-0.2, 0) is 14.2 Å². The summed E-state index contributed by atoms with van der Waals surface area (Å²) in [6.07, 6.45) is 3.45. The maximum Gasteiger partial charge on any atom is 0.191 e. The van der Waals surface area contributed by atoms with Gasteiger partial charge in [0.05, 0.1) is 18.8 Å². The summed E-state index contributed by atoms with van der Waals surface area (Å²) >= 11 is 0. The van der Waals surface area contributed by atoms with E-state index in [0.29, 0.717) is 0 Å². The molecule has 1 rings (SSSR count). The first-order valence-corrected chi connectivity index (χ1v) is 9.05. The van der Waals surface area contributed by atoms with Crippen molar-refractivity contribution in [3.8, 4) is 0 Å². The lowest BCUT2D eigenvalue weighted by atomic mass is 10.2. The number of ether oxygens (including phenoxy) is 3. The topological polar surface area (TPSA) is 67.4 Å². The highest BCUT2D eigenvalue weighted by Gasteiger charge is 2.15. The van der Waals surface area contributed by atoms with Crippen molar-refractivity contribution in [3.63, 3.8) is 0 Å². The summed E-state index contributed by atoms with van der Waals surface area (Å²) in [5.41, 5.74) is 0. The molecule has 1 saturated heterocycles. The lowest BCUT2D eigenvalue weighted by molar-refractivity contribution is 0.0419. The molecule has 24 heavy (non-hydrogen) atoms. The second kappa shape index (κ2) is 13.4. The van der Waals surface area contributed by atoms with Gasteiger partial charge in [-0.15, -0.1) is 0 Å². The fourth-order valence-electron chi connectivity index (χ4n) is 2.49. The molecule has 2 unspecified atom stereocenters. The molecule has 0 bridgehead atoms. The van der Waals surface area contributed by atoms with E-state index in [1.807, 2.05) is 6.92 Å². The Morgan fingerprint density at radius 3 is 2.83 bits per heavy atom. The first-order valence-electron chi connectivity index (χ1n) is 9.05. The first-order chi connectivity index (χ1) is 11.7. The molecule has 1 aliphatic rings. The Morgan fingerprint density at radius 1 is 1.38 bits per heavy atom. The zero-order chi connectivity index (χ0) is 17.6. The van der Waals surface area contributed by atoms with Crippen molar-refractivity contribution >= 4 is 5.96 Å². The second-order valence-corrected chi connectivity index (χ2v) is 6.26. The van der Waals surface area contributed by atoms with Crippen molar-refractivity contribution in [3.05, 3.63) is 0 Å². The van der Waals surface area contributed by atoms with Crippen molar-refractivity contribution in [1.82, 2.24) is 15.5 Å². The van der Waals surface area contributed by atoms with Crippen molar-refractivity contribution in [2.45, 2.75) is 38.4 Å². The molecule has 2 atom stereocenters. The summed E-state index contributed by atoms with van der Waals surface area (Å²) in [5.74, 6) is 0.814. The van der Waals surface area contributed by atoms with Crippen LogP contribution in [0.3, 0.4) is 0 Å². The molecule has 1 fully saturated rings. The van der Waals surface area contributed by atoms with Gasteiger partial charge in [-0.3, -0.25) is 4.99 Å². The SMILES string of the molecule is CCOC(CCN(C)C)CNC(=NC)NCCCOC1CCOC1. The molecule has 2 N–H and O–H groups in total. The zero-order valence-electron chi connectivity index (χ0n) is 15.8. The molecule has 0 radical (unpaired) electrons. The number of aliphatic imine (C=N–C) groups is 1. The van der Waals surface area contributed by atoms with Gasteiger partial charge in [0.25, 0.3) is 0 Å². The van der Waals surface area contributed by atoms with E-state index in [2.05, 4.69) is 34.6 Å². The smallest absolute Gasteiger partial charge is 0.191 e. The third kappa shape index (κ3) is 10.1. The number of guanidine groups is 1. The number of nitrogens with one attached hydrogen (secondary N) is 2. The maximum atomic E-state index is 5.78. The minimum absolute atomic E-state index is 0.196. The van der Waals surface area contributed by atoms with Gasteiger partial charge in [-0.25, -0.2) is 0 Å². The third-order valence-electron chi connectivity index (χ3n) is 3.88. The number of hydrogen-bond donors (Lipinski definition) is 2. The van der Waals surface area contributed by atoms with Gasteiger partial charge < -0.3 is 29.7 Å². The van der Waals surface area contributed by atoms with E-state index in [4.69, 9.17) is 14.2 Å². The standard InChI is InChI=1S/C17H36N4O3/c1-5-23-15(7-10-21(3)4)13-20-17(18-2)19-9-6-11-24-16-8-12-22-14-16/h15-16H,5-14H2,1-4H3,(H2,18,19,20). The van der Waals surface area contributed by atoms with E-state index in [-0.39, 0.29) is 12.2 Å². The van der Waals surface area contributed by atoms with Crippen LogP contribution in [-0.4, -0.2) is 90.3 Å². The predicted octanol–water partition coefficient (Wildman–Crippen LogP) is 0.704. The predicted molar refractivity (Wildman–Crippen MR) is 97.7 cm³/mol. The molecule has 0 spiro atoms. The molecule has 0 aromatic rings. The Hall–Kier alpha value is -0.890. The van der Waals surface area contributed by atoms with Crippen LogP contribution in [0.1, 0.15) is 26.2 Å². The van der Waals surface area contributed by atoms with Gasteiger partial charge in [-0.2, -0.15) is 0 Å². The fourth-order valence-corrected chi connectivity index (χ4v) is 2.49. The Labute approximate surface area is 147 Å². The fraction of sp³-hybridized carbons (Fsp3) is 0.941. The summed E-state index contributed by atoms with van der Waals surface area (Å²) in [6, 6.07) is 0. The van der Waals surface area contributed by atoms with Crippen molar-refractivity contribution in [2.75, 3.05) is 67.2 Å². The second-order valence-electron chi connectivity index (χ2n) is 6.26. The number of nitrogens with zero attached hydrogens (tertiary/aromatic N) is 2. The minimum Gasteiger partial charge on any atom is -0.379 e. The van der Waals surface area contributed by atoms with E-state index in [1.54, 1.807) is 7.05 Å². The molecular formula is C17H36N4O3. The van der Waals surface area contributed by atoms with Crippen LogP contribution in [0.15, 0.2) is 4.99 Å². The van der Waals surface area contributed by atoms with Crippen molar-refractivity contribution in [1.29, 1.82) is 0 Å². The lowest BCUT2D eigenvalue weighted by Crippen LogP contribution is -2.43. The van der Waals surface area contributed by atoms with Gasteiger partial charge in [0, 0.05) is 46.5 Å². The molecule has 1 aliphatic heterocycles. The average Bonchev–Trinajstić information content (AvgIpc) is 3.08. The van der Waals surface area contributed by atoms with Crippen LogP contribution < -0.4 is 10.6 Å². The van der Waals surface area contributed by atoms with E-state index in [9.17, 15) is 0 Å². The van der Waals surface area contributed by atoms with Crippen LogP contribution in [0.25, 0.3) is 0 Å². The highest BCUT2D eigenvalue weighted by Crippen LogP contribution is 2.07. The van der Waals surface area contributed by atoms with Crippen LogP contribution in [0.4, 0.5) is 0 Å². The molecule has 0 amide bonds. The lowest BCUT2D eigenvalue weighted by Gasteiger charge is -2.21. The average molecular weight is 345 g/mol. The summed E-state index contributed by atoms with van der Waals surface area (Å²) in [4.78, 5) is 6.43. The van der Waals surface area contributed by atoms with Gasteiger partial charge in [0.1, 0.15) is 0 Å². The number of rotatable bonds is 12. The third-order valence-corrected chi connectivity index (χ3v) is 3.88. The Kier molecular flexibility index (Phi) is 11.8. The van der Waals surface area contributed by atoms with E-state index >= 15 is 0 Å². The Bertz CT molecular complexity index is 334. The Balaban J connectivity index is 2.12. The maximum absolute atomic E-state index is 5.78. The van der Waals surface area contributed by atoms with Crippen LogP contribution in [0.5, 0.6) is 0 Å². The first kappa shape index (κ1) is 21.2. The zero-order valence-corrected chi connectivity index (χ0v) is 15.8. The highest BCUT2D eigenvalue weighted by molar-refractivity contribution is 5.79. The largest absolute Gasteiger partial charge is 0.379 e. The quantitative estimate of drug-likeness (QED) is 0.309. The van der Waals surface area contributed by atoms with Crippen molar-refractivity contribution in [2.24, 2.45) is 4.99 Å². The van der Waals surface area contributed by atoms with E-state index < -0.39 is 0 Å². The molecule has 7 heteroatoms.